The van der Waals surface area contributed by atoms with E-state index in [0.717, 1.165) is 17.4 Å². The first-order valence-corrected chi connectivity index (χ1v) is 7.43. The minimum absolute atomic E-state index is 0.223. The Balaban J connectivity index is 2.28. The van der Waals surface area contributed by atoms with Gasteiger partial charge in [0.1, 0.15) is 0 Å². The van der Waals surface area contributed by atoms with Crippen LogP contribution in [-0.2, 0) is 0 Å². The Kier molecular flexibility index (Phi) is 7.43. The number of amides is 1. The van der Waals surface area contributed by atoms with Crippen LogP contribution in [0.1, 0.15) is 36.5 Å². The Morgan fingerprint density at radius 2 is 2.11 bits per heavy atom. The molecule has 1 aromatic carbocycles. The number of hydrazine groups is 1. The van der Waals surface area contributed by atoms with Crippen molar-refractivity contribution in [2.24, 2.45) is 0 Å². The lowest BCUT2D eigenvalue weighted by Gasteiger charge is -2.11. The van der Waals surface area contributed by atoms with E-state index >= 15 is 0 Å². The maximum atomic E-state index is 11.8. The third kappa shape index (κ3) is 6.54. The quantitative estimate of drug-likeness (QED) is 0.437. The van der Waals surface area contributed by atoms with Crippen molar-refractivity contribution in [2.75, 3.05) is 6.54 Å². The van der Waals surface area contributed by atoms with Crippen LogP contribution >= 0.6 is 28.1 Å². The lowest BCUT2D eigenvalue weighted by atomic mass is 10.2. The number of nitrogens with one attached hydrogen (secondary N) is 3. The van der Waals surface area contributed by atoms with Crippen LogP contribution in [0.4, 0.5) is 0 Å². The Morgan fingerprint density at radius 3 is 2.79 bits per heavy atom. The van der Waals surface area contributed by atoms with Crippen molar-refractivity contribution in [3.63, 3.8) is 0 Å². The van der Waals surface area contributed by atoms with E-state index in [2.05, 4.69) is 39.0 Å². The van der Waals surface area contributed by atoms with Gasteiger partial charge in [-0.05, 0) is 36.8 Å². The van der Waals surface area contributed by atoms with E-state index in [1.165, 1.54) is 12.8 Å². The van der Waals surface area contributed by atoms with Crippen molar-refractivity contribution < 1.29 is 4.79 Å². The lowest BCUT2D eigenvalue weighted by Crippen LogP contribution is -2.46. The molecule has 0 aliphatic heterocycles. The molecular formula is C13H18BrN3OS. The van der Waals surface area contributed by atoms with Gasteiger partial charge in [-0.15, -0.1) is 0 Å². The summed E-state index contributed by atoms with van der Waals surface area (Å²) in [5, 5.41) is 3.46. The summed E-state index contributed by atoms with van der Waals surface area (Å²) in [6.45, 7) is 2.96. The first-order valence-electron chi connectivity index (χ1n) is 6.23. The number of rotatable bonds is 5. The van der Waals surface area contributed by atoms with Crippen molar-refractivity contribution in [1.82, 2.24) is 16.2 Å². The Hall–Kier alpha value is -1.14. The highest BCUT2D eigenvalue weighted by Gasteiger charge is 2.05. The highest BCUT2D eigenvalue weighted by atomic mass is 79.9. The summed E-state index contributed by atoms with van der Waals surface area (Å²) in [6, 6.07) is 7.15. The zero-order valence-corrected chi connectivity index (χ0v) is 13.2. The molecule has 0 saturated heterocycles. The maximum Gasteiger partial charge on any atom is 0.269 e. The standard InChI is InChI=1S/C13H18BrN3OS/c1-2-3-4-8-15-13(19)17-16-12(18)10-6-5-7-11(14)9-10/h5-7,9H,2-4,8H2,1H3,(H,16,18)(H2,15,17,19). The third-order valence-electron chi connectivity index (χ3n) is 2.44. The van der Waals surface area contributed by atoms with Crippen molar-refractivity contribution in [2.45, 2.75) is 26.2 Å². The number of carbonyl (C=O) groups is 1. The number of carbonyl (C=O) groups excluding carboxylic acids is 1. The summed E-state index contributed by atoms with van der Waals surface area (Å²) in [5.41, 5.74) is 5.80. The minimum Gasteiger partial charge on any atom is -0.361 e. The Morgan fingerprint density at radius 1 is 1.32 bits per heavy atom. The molecule has 0 aliphatic carbocycles. The van der Waals surface area contributed by atoms with Crippen molar-refractivity contribution >= 4 is 39.2 Å². The summed E-state index contributed by atoms with van der Waals surface area (Å²) < 4.78 is 0.861. The van der Waals surface area contributed by atoms with Gasteiger partial charge in [0, 0.05) is 16.6 Å². The van der Waals surface area contributed by atoms with Gasteiger partial charge in [-0.3, -0.25) is 15.6 Å². The highest BCUT2D eigenvalue weighted by Crippen LogP contribution is 2.11. The van der Waals surface area contributed by atoms with Gasteiger partial charge in [0.15, 0.2) is 5.11 Å². The van der Waals surface area contributed by atoms with Crippen LogP contribution in [0.15, 0.2) is 28.7 Å². The topological polar surface area (TPSA) is 53.2 Å². The monoisotopic (exact) mass is 343 g/mol. The van der Waals surface area contributed by atoms with E-state index in [1.54, 1.807) is 18.2 Å². The fourth-order valence-electron chi connectivity index (χ4n) is 1.44. The van der Waals surface area contributed by atoms with Crippen LogP contribution in [-0.4, -0.2) is 17.6 Å². The molecule has 4 nitrogen and oxygen atoms in total. The molecule has 0 atom stereocenters. The van der Waals surface area contributed by atoms with Gasteiger partial charge < -0.3 is 5.32 Å². The third-order valence-corrected chi connectivity index (χ3v) is 3.18. The van der Waals surface area contributed by atoms with Crippen LogP contribution in [0.3, 0.4) is 0 Å². The number of thiocarbonyl (C=S) groups is 1. The maximum absolute atomic E-state index is 11.8. The second-order valence-corrected chi connectivity index (χ2v) is 5.38. The minimum atomic E-state index is -0.223. The van der Waals surface area contributed by atoms with E-state index in [-0.39, 0.29) is 5.91 Å². The van der Waals surface area contributed by atoms with E-state index in [1.807, 2.05) is 6.07 Å². The molecular weight excluding hydrogens is 326 g/mol. The predicted octanol–water partition coefficient (Wildman–Crippen LogP) is 2.75. The summed E-state index contributed by atoms with van der Waals surface area (Å²) in [7, 11) is 0. The van der Waals surface area contributed by atoms with Crippen LogP contribution in [0, 0.1) is 0 Å². The molecule has 0 unspecified atom stereocenters. The van der Waals surface area contributed by atoms with Gasteiger partial charge in [0.05, 0.1) is 0 Å². The summed E-state index contributed by atoms with van der Waals surface area (Å²) in [6.07, 6.45) is 3.40. The largest absolute Gasteiger partial charge is 0.361 e. The van der Waals surface area contributed by atoms with Gasteiger partial charge in [-0.1, -0.05) is 41.8 Å². The molecule has 1 aromatic rings. The van der Waals surface area contributed by atoms with Crippen molar-refractivity contribution in [3.8, 4) is 0 Å². The van der Waals surface area contributed by atoms with Crippen molar-refractivity contribution in [3.05, 3.63) is 34.3 Å². The molecule has 0 aromatic heterocycles. The average molecular weight is 344 g/mol. The second-order valence-electron chi connectivity index (χ2n) is 4.05. The number of unbranched alkanes of at least 4 members (excludes halogenated alkanes) is 2. The lowest BCUT2D eigenvalue weighted by molar-refractivity contribution is 0.0943. The highest BCUT2D eigenvalue weighted by molar-refractivity contribution is 9.10. The molecule has 1 rings (SSSR count). The molecule has 0 spiro atoms. The predicted molar refractivity (Wildman–Crippen MR) is 84.9 cm³/mol. The molecule has 0 heterocycles. The van der Waals surface area contributed by atoms with Crippen LogP contribution in [0.5, 0.6) is 0 Å². The summed E-state index contributed by atoms with van der Waals surface area (Å²) >= 11 is 8.37. The van der Waals surface area contributed by atoms with E-state index in [0.29, 0.717) is 10.7 Å². The second kappa shape index (κ2) is 8.87. The molecule has 3 N–H and O–H groups in total. The van der Waals surface area contributed by atoms with Gasteiger partial charge in [0.25, 0.3) is 5.91 Å². The molecule has 0 saturated carbocycles. The van der Waals surface area contributed by atoms with E-state index in [9.17, 15) is 4.79 Å². The molecule has 19 heavy (non-hydrogen) atoms. The number of halogens is 1. The fourth-order valence-corrected chi connectivity index (χ4v) is 1.99. The normalized spacial score (nSPS) is 9.79. The molecule has 104 valence electrons. The van der Waals surface area contributed by atoms with Gasteiger partial charge >= 0.3 is 0 Å². The van der Waals surface area contributed by atoms with Crippen LogP contribution in [0.25, 0.3) is 0 Å². The summed E-state index contributed by atoms with van der Waals surface area (Å²) in [4.78, 5) is 11.8. The first-order chi connectivity index (χ1) is 9.13. The zero-order chi connectivity index (χ0) is 14.1. The molecule has 6 heteroatoms. The Labute approximate surface area is 127 Å². The molecule has 0 radical (unpaired) electrons. The zero-order valence-electron chi connectivity index (χ0n) is 10.8. The number of benzene rings is 1. The molecule has 0 aliphatic rings. The summed E-state index contributed by atoms with van der Waals surface area (Å²) in [5.74, 6) is -0.223. The smallest absolute Gasteiger partial charge is 0.269 e. The SMILES string of the molecule is CCCCCNC(=S)NNC(=O)c1cccc(Br)c1. The fraction of sp³-hybridized carbons (Fsp3) is 0.385. The van der Waals surface area contributed by atoms with Crippen LogP contribution < -0.4 is 16.2 Å². The first kappa shape index (κ1) is 15.9. The van der Waals surface area contributed by atoms with Gasteiger partial charge in [-0.2, -0.15) is 0 Å². The van der Waals surface area contributed by atoms with E-state index in [4.69, 9.17) is 12.2 Å². The number of hydrogen-bond donors (Lipinski definition) is 3. The molecule has 0 fully saturated rings. The molecule has 1 amide bonds. The van der Waals surface area contributed by atoms with Crippen LogP contribution in [0.2, 0.25) is 0 Å². The van der Waals surface area contributed by atoms with Gasteiger partial charge in [0.2, 0.25) is 0 Å². The average Bonchev–Trinajstić information content (AvgIpc) is 2.41. The number of hydrogen-bond acceptors (Lipinski definition) is 2. The Bertz CT molecular complexity index is 440. The molecule has 0 bridgehead atoms. The van der Waals surface area contributed by atoms with Crippen molar-refractivity contribution in [1.29, 1.82) is 0 Å². The van der Waals surface area contributed by atoms with E-state index < -0.39 is 0 Å². The van der Waals surface area contributed by atoms with Gasteiger partial charge in [-0.25, -0.2) is 0 Å².